The van der Waals surface area contributed by atoms with E-state index >= 15 is 0 Å². The molecule has 1 amide bonds. The second kappa shape index (κ2) is 5.73. The highest BCUT2D eigenvalue weighted by molar-refractivity contribution is 8.00. The van der Waals surface area contributed by atoms with Gasteiger partial charge in [0.1, 0.15) is 0 Å². The fourth-order valence-corrected chi connectivity index (χ4v) is 3.99. The van der Waals surface area contributed by atoms with Gasteiger partial charge in [0.25, 0.3) is 0 Å². The number of para-hydroxylation sites is 1. The Kier molecular flexibility index (Phi) is 3.95. The minimum absolute atomic E-state index is 0.0124. The fourth-order valence-electron chi connectivity index (χ4n) is 2.79. The molecular formula is C16H20N2O2S. The van der Waals surface area contributed by atoms with Crippen LogP contribution in [0.4, 0.5) is 0 Å². The summed E-state index contributed by atoms with van der Waals surface area (Å²) in [7, 11) is 0. The van der Waals surface area contributed by atoms with E-state index in [4.69, 9.17) is 0 Å². The van der Waals surface area contributed by atoms with Gasteiger partial charge in [0, 0.05) is 10.9 Å². The van der Waals surface area contributed by atoms with Crippen LogP contribution in [0.15, 0.2) is 29.3 Å². The summed E-state index contributed by atoms with van der Waals surface area (Å²) in [6.45, 7) is 4.06. The lowest BCUT2D eigenvalue weighted by atomic mass is 10.0. The molecule has 0 saturated heterocycles. The van der Waals surface area contributed by atoms with Gasteiger partial charge in [-0.3, -0.25) is 4.79 Å². The Labute approximate surface area is 128 Å². The third-order valence-electron chi connectivity index (χ3n) is 3.90. The second-order valence-corrected chi connectivity index (χ2v) is 7.00. The number of aromatic amines is 1. The second-order valence-electron chi connectivity index (χ2n) is 5.85. The number of amides is 1. The van der Waals surface area contributed by atoms with Crippen molar-refractivity contribution < 1.29 is 9.90 Å². The number of thioether (sulfide) groups is 1. The number of aliphatic hydroxyl groups is 1. The first kappa shape index (κ1) is 14.5. The molecule has 4 nitrogen and oxygen atoms in total. The molecule has 1 aliphatic rings. The molecule has 0 bridgehead atoms. The van der Waals surface area contributed by atoms with E-state index in [0.717, 1.165) is 10.5 Å². The summed E-state index contributed by atoms with van der Waals surface area (Å²) in [6, 6.07) is 7.94. The smallest absolute Gasteiger partial charge is 0.234 e. The van der Waals surface area contributed by atoms with Gasteiger partial charge in [0.2, 0.25) is 5.91 Å². The van der Waals surface area contributed by atoms with Crippen molar-refractivity contribution in [3.63, 3.8) is 0 Å². The van der Waals surface area contributed by atoms with Crippen LogP contribution in [0.5, 0.6) is 0 Å². The largest absolute Gasteiger partial charge is 0.394 e. The maximum Gasteiger partial charge on any atom is 0.234 e. The molecule has 5 heteroatoms. The normalized spacial score (nSPS) is 22.8. The van der Waals surface area contributed by atoms with Gasteiger partial charge in [-0.2, -0.15) is 0 Å². The number of aliphatic hydroxyl groups excluding tert-OH is 1. The van der Waals surface area contributed by atoms with Crippen LogP contribution in [-0.2, 0) is 11.2 Å². The molecule has 0 aliphatic carbocycles. The number of H-pyrrole nitrogens is 1. The molecule has 2 aromatic rings. The molecule has 0 radical (unpaired) electrons. The Hall–Kier alpha value is -1.46. The molecule has 1 aromatic heterocycles. The van der Waals surface area contributed by atoms with Crippen molar-refractivity contribution >= 4 is 28.6 Å². The molecule has 0 unspecified atom stereocenters. The van der Waals surface area contributed by atoms with E-state index < -0.39 is 0 Å². The third-order valence-corrected chi connectivity index (χ3v) is 5.50. The topological polar surface area (TPSA) is 65.1 Å². The van der Waals surface area contributed by atoms with Gasteiger partial charge in [-0.05, 0) is 24.0 Å². The molecule has 3 N–H and O–H groups in total. The molecule has 1 aromatic carbocycles. The highest BCUT2D eigenvalue weighted by Gasteiger charge is 2.30. The van der Waals surface area contributed by atoms with Gasteiger partial charge in [0.15, 0.2) is 0 Å². The minimum Gasteiger partial charge on any atom is -0.394 e. The summed E-state index contributed by atoms with van der Waals surface area (Å²) in [4.78, 5) is 15.8. The van der Waals surface area contributed by atoms with Crippen LogP contribution >= 0.6 is 11.8 Å². The number of nitrogens with one attached hydrogen (secondary N) is 2. The van der Waals surface area contributed by atoms with E-state index in [1.54, 1.807) is 11.8 Å². The molecule has 2 heterocycles. The van der Waals surface area contributed by atoms with Crippen LogP contribution in [0.1, 0.15) is 19.4 Å². The van der Waals surface area contributed by atoms with Crippen LogP contribution in [0.25, 0.3) is 10.9 Å². The van der Waals surface area contributed by atoms with Crippen LogP contribution in [0.3, 0.4) is 0 Å². The predicted molar refractivity (Wildman–Crippen MR) is 85.5 cm³/mol. The first-order valence-electron chi connectivity index (χ1n) is 7.27. The van der Waals surface area contributed by atoms with Gasteiger partial charge in [-0.15, -0.1) is 0 Å². The van der Waals surface area contributed by atoms with Crippen molar-refractivity contribution in [1.29, 1.82) is 0 Å². The van der Waals surface area contributed by atoms with Gasteiger partial charge in [0.05, 0.1) is 22.9 Å². The Balaban J connectivity index is 2.10. The zero-order valence-corrected chi connectivity index (χ0v) is 13.0. The molecule has 3 rings (SSSR count). The summed E-state index contributed by atoms with van der Waals surface area (Å²) in [5.74, 6) is 0.241. The first-order chi connectivity index (χ1) is 10.1. The van der Waals surface area contributed by atoms with E-state index in [2.05, 4.69) is 30.2 Å². The van der Waals surface area contributed by atoms with Crippen molar-refractivity contribution in [3.8, 4) is 0 Å². The lowest BCUT2D eigenvalue weighted by Gasteiger charge is -2.26. The molecule has 0 spiro atoms. The van der Waals surface area contributed by atoms with E-state index in [0.29, 0.717) is 6.42 Å². The van der Waals surface area contributed by atoms with Crippen LogP contribution < -0.4 is 5.32 Å². The van der Waals surface area contributed by atoms with E-state index in [9.17, 15) is 9.90 Å². The van der Waals surface area contributed by atoms with Crippen molar-refractivity contribution in [1.82, 2.24) is 10.3 Å². The number of benzene rings is 1. The third kappa shape index (κ3) is 2.68. The molecule has 21 heavy (non-hydrogen) atoms. The molecule has 0 fully saturated rings. The maximum atomic E-state index is 12.3. The maximum absolute atomic E-state index is 12.3. The van der Waals surface area contributed by atoms with Gasteiger partial charge >= 0.3 is 0 Å². The Morgan fingerprint density at radius 2 is 2.14 bits per heavy atom. The van der Waals surface area contributed by atoms with Gasteiger partial charge < -0.3 is 15.4 Å². The van der Waals surface area contributed by atoms with E-state index in [1.165, 1.54) is 10.9 Å². The van der Waals surface area contributed by atoms with Gasteiger partial charge in [-0.1, -0.05) is 43.8 Å². The summed E-state index contributed by atoms with van der Waals surface area (Å²) < 4.78 is 0. The highest BCUT2D eigenvalue weighted by Crippen LogP contribution is 2.36. The highest BCUT2D eigenvalue weighted by atomic mass is 32.2. The number of carbonyl (C=O) groups is 1. The Morgan fingerprint density at radius 3 is 2.86 bits per heavy atom. The van der Waals surface area contributed by atoms with E-state index in [1.807, 2.05) is 18.2 Å². The average Bonchev–Trinajstić information content (AvgIpc) is 2.79. The van der Waals surface area contributed by atoms with Gasteiger partial charge in [-0.25, -0.2) is 0 Å². The molecule has 1 aliphatic heterocycles. The Bertz CT molecular complexity index is 665. The van der Waals surface area contributed by atoms with Crippen molar-refractivity contribution in [3.05, 3.63) is 29.8 Å². The predicted octanol–water partition coefficient (Wildman–Crippen LogP) is 2.32. The van der Waals surface area contributed by atoms with Crippen LogP contribution in [0, 0.1) is 5.92 Å². The molecular weight excluding hydrogens is 284 g/mol. The SMILES string of the molecule is CC(C)[C@@H]1Sc2[nH]c3ccccc3c2C[C@@H](CO)NC1=O. The number of rotatable bonds is 2. The quantitative estimate of drug-likeness (QED) is 0.798. The summed E-state index contributed by atoms with van der Waals surface area (Å²) in [5.41, 5.74) is 2.28. The molecule has 2 atom stereocenters. The standard InChI is InChI=1S/C16H20N2O2S/c1-9(2)14-15(20)17-10(8-19)7-12-11-5-3-4-6-13(11)18-16(12)21-14/h3-6,9-10,14,18-19H,7-8H2,1-2H3,(H,17,20)/t10-,14-/m0/s1. The zero-order valence-electron chi connectivity index (χ0n) is 12.2. The minimum atomic E-state index is -0.224. The van der Waals surface area contributed by atoms with E-state index in [-0.39, 0.29) is 29.7 Å². The summed E-state index contributed by atoms with van der Waals surface area (Å²) >= 11 is 1.60. The summed E-state index contributed by atoms with van der Waals surface area (Å²) in [5, 5.41) is 14.6. The lowest BCUT2D eigenvalue weighted by molar-refractivity contribution is -0.122. The lowest BCUT2D eigenvalue weighted by Crippen LogP contribution is -2.46. The van der Waals surface area contributed by atoms with Crippen LogP contribution in [0.2, 0.25) is 0 Å². The monoisotopic (exact) mass is 304 g/mol. The molecule has 0 saturated carbocycles. The zero-order chi connectivity index (χ0) is 15.0. The van der Waals surface area contributed by atoms with Crippen molar-refractivity contribution in [2.24, 2.45) is 5.92 Å². The van der Waals surface area contributed by atoms with Crippen LogP contribution in [-0.4, -0.2) is 33.9 Å². The number of hydrogen-bond donors (Lipinski definition) is 3. The van der Waals surface area contributed by atoms with Crippen molar-refractivity contribution in [2.45, 2.75) is 36.6 Å². The summed E-state index contributed by atoms with van der Waals surface area (Å²) in [6.07, 6.45) is 0.652. The number of aromatic nitrogens is 1. The molecule has 112 valence electrons. The van der Waals surface area contributed by atoms with Crippen molar-refractivity contribution in [2.75, 3.05) is 6.61 Å². The number of carbonyl (C=O) groups excluding carboxylic acids is 1. The Morgan fingerprint density at radius 1 is 1.38 bits per heavy atom. The fraction of sp³-hybridized carbons (Fsp3) is 0.438. The average molecular weight is 304 g/mol. The number of hydrogen-bond acceptors (Lipinski definition) is 3. The first-order valence-corrected chi connectivity index (χ1v) is 8.15. The number of fused-ring (bicyclic) bond motifs is 3.